The van der Waals surface area contributed by atoms with Crippen LogP contribution in [0.3, 0.4) is 0 Å². The van der Waals surface area contributed by atoms with Gasteiger partial charge in [-0.05, 0) is 41.7 Å². The van der Waals surface area contributed by atoms with Crippen LogP contribution >= 0.6 is 15.9 Å². The molecule has 0 aliphatic carbocycles. The summed E-state index contributed by atoms with van der Waals surface area (Å²) in [6, 6.07) is 26.4. The van der Waals surface area contributed by atoms with Crippen LogP contribution in [0.1, 0.15) is 35.1 Å². The molecule has 2 atom stereocenters. The van der Waals surface area contributed by atoms with Crippen LogP contribution in [0.15, 0.2) is 89.4 Å². The van der Waals surface area contributed by atoms with E-state index in [9.17, 15) is 4.79 Å². The Balaban J connectivity index is 1.78. The fourth-order valence-corrected chi connectivity index (χ4v) is 3.57. The van der Waals surface area contributed by atoms with E-state index in [1.165, 1.54) is 5.56 Å². The summed E-state index contributed by atoms with van der Waals surface area (Å²) in [6.45, 7) is 4.69. The zero-order valence-electron chi connectivity index (χ0n) is 16.8. The van der Waals surface area contributed by atoms with E-state index in [4.69, 9.17) is 0 Å². The molecule has 0 bridgehead atoms. The summed E-state index contributed by atoms with van der Waals surface area (Å²) < 4.78 is 1.06. The molecule has 0 aromatic heterocycles. The van der Waals surface area contributed by atoms with Gasteiger partial charge >= 0.3 is 0 Å². The molecule has 3 rings (SSSR count). The summed E-state index contributed by atoms with van der Waals surface area (Å²) in [4.78, 5) is 13.1. The predicted molar refractivity (Wildman–Crippen MR) is 125 cm³/mol. The third-order valence-corrected chi connectivity index (χ3v) is 5.55. The van der Waals surface area contributed by atoms with Gasteiger partial charge in [0.1, 0.15) is 0 Å². The standard InChI is InChI=1S/C26H26BrNO/c1-19-8-14-23(15-9-19)25(26(29)28-18-22-6-4-3-5-7-22)20(2)10-11-21-12-16-24(27)17-13-21/h3-17,20,25H,18H2,1-2H3,(H,28,29)/b11-10+/t20-,25-/m0/s1. The Hall–Kier alpha value is -2.65. The van der Waals surface area contributed by atoms with Crippen molar-refractivity contribution in [1.82, 2.24) is 5.32 Å². The van der Waals surface area contributed by atoms with Gasteiger partial charge in [0.25, 0.3) is 0 Å². The number of carbonyl (C=O) groups excluding carboxylic acids is 1. The zero-order valence-corrected chi connectivity index (χ0v) is 18.4. The Morgan fingerprint density at radius 2 is 1.62 bits per heavy atom. The van der Waals surface area contributed by atoms with Gasteiger partial charge in [0, 0.05) is 11.0 Å². The number of carbonyl (C=O) groups is 1. The monoisotopic (exact) mass is 447 g/mol. The largest absolute Gasteiger partial charge is 0.351 e. The minimum atomic E-state index is -0.244. The van der Waals surface area contributed by atoms with Gasteiger partial charge in [-0.15, -0.1) is 0 Å². The summed E-state index contributed by atoms with van der Waals surface area (Å²) in [5.41, 5.74) is 4.44. The molecule has 0 saturated heterocycles. The van der Waals surface area contributed by atoms with Gasteiger partial charge in [-0.1, -0.05) is 107 Å². The van der Waals surface area contributed by atoms with Gasteiger partial charge in [-0.25, -0.2) is 0 Å². The van der Waals surface area contributed by atoms with E-state index in [0.717, 1.165) is 21.2 Å². The molecule has 0 aliphatic heterocycles. The molecule has 0 aliphatic rings. The van der Waals surface area contributed by atoms with Gasteiger partial charge in [-0.2, -0.15) is 0 Å². The zero-order chi connectivity index (χ0) is 20.6. The summed E-state index contributed by atoms with van der Waals surface area (Å²) in [7, 11) is 0. The lowest BCUT2D eigenvalue weighted by atomic mass is 9.85. The molecule has 1 amide bonds. The Morgan fingerprint density at radius 3 is 2.28 bits per heavy atom. The van der Waals surface area contributed by atoms with Crippen LogP contribution in [0.4, 0.5) is 0 Å². The molecular formula is C26H26BrNO. The molecule has 0 saturated carbocycles. The molecule has 148 valence electrons. The van der Waals surface area contributed by atoms with Crippen molar-refractivity contribution in [2.75, 3.05) is 0 Å². The van der Waals surface area contributed by atoms with Crippen molar-refractivity contribution in [3.8, 4) is 0 Å². The Morgan fingerprint density at radius 1 is 0.966 bits per heavy atom. The summed E-state index contributed by atoms with van der Waals surface area (Å²) in [6.07, 6.45) is 4.21. The molecule has 0 radical (unpaired) electrons. The van der Waals surface area contributed by atoms with Crippen molar-refractivity contribution in [3.63, 3.8) is 0 Å². The Bertz CT molecular complexity index is 946. The van der Waals surface area contributed by atoms with E-state index < -0.39 is 0 Å². The highest BCUT2D eigenvalue weighted by molar-refractivity contribution is 9.10. The molecule has 1 N–H and O–H groups in total. The molecule has 3 heteroatoms. The third kappa shape index (κ3) is 6.16. The molecular weight excluding hydrogens is 422 g/mol. The van der Waals surface area contributed by atoms with Crippen LogP contribution in [0, 0.1) is 12.8 Å². The highest BCUT2D eigenvalue weighted by Gasteiger charge is 2.25. The second-order valence-corrected chi connectivity index (χ2v) is 8.28. The molecule has 3 aromatic rings. The number of amides is 1. The van der Waals surface area contributed by atoms with Crippen molar-refractivity contribution in [2.24, 2.45) is 5.92 Å². The molecule has 29 heavy (non-hydrogen) atoms. The third-order valence-electron chi connectivity index (χ3n) is 5.02. The fraction of sp³-hybridized carbons (Fsp3) is 0.192. The second-order valence-electron chi connectivity index (χ2n) is 7.36. The number of benzene rings is 3. The van der Waals surface area contributed by atoms with E-state index >= 15 is 0 Å². The highest BCUT2D eigenvalue weighted by Crippen LogP contribution is 2.27. The SMILES string of the molecule is Cc1ccc([C@@H](C(=O)NCc2ccccc2)[C@@H](C)/C=C/c2ccc(Br)cc2)cc1. The number of rotatable bonds is 7. The molecule has 0 spiro atoms. The van der Waals surface area contributed by atoms with Gasteiger partial charge in [0.2, 0.25) is 5.91 Å². The normalized spacial score (nSPS) is 13.2. The number of nitrogens with one attached hydrogen (secondary N) is 1. The number of halogens is 1. The number of allylic oxidation sites excluding steroid dienone is 1. The Kier molecular flexibility index (Phi) is 7.42. The van der Waals surface area contributed by atoms with E-state index in [1.807, 2.05) is 42.5 Å². The topological polar surface area (TPSA) is 29.1 Å². The molecule has 0 unspecified atom stereocenters. The minimum Gasteiger partial charge on any atom is -0.351 e. The van der Waals surface area contributed by atoms with E-state index in [2.05, 4.69) is 83.6 Å². The average Bonchev–Trinajstić information content (AvgIpc) is 2.74. The van der Waals surface area contributed by atoms with E-state index in [0.29, 0.717) is 6.54 Å². The van der Waals surface area contributed by atoms with Crippen LogP contribution in [-0.4, -0.2) is 5.91 Å². The van der Waals surface area contributed by atoms with Gasteiger partial charge in [-0.3, -0.25) is 4.79 Å². The maximum atomic E-state index is 13.1. The summed E-state index contributed by atoms with van der Waals surface area (Å²) in [5, 5.41) is 3.12. The first-order chi connectivity index (χ1) is 14.0. The van der Waals surface area contributed by atoms with E-state index in [1.54, 1.807) is 0 Å². The van der Waals surface area contributed by atoms with Gasteiger partial charge in [0.05, 0.1) is 5.92 Å². The number of hydrogen-bond donors (Lipinski definition) is 1. The van der Waals surface area contributed by atoms with Crippen molar-refractivity contribution < 1.29 is 4.79 Å². The minimum absolute atomic E-state index is 0.0469. The fourth-order valence-electron chi connectivity index (χ4n) is 3.31. The quantitative estimate of drug-likeness (QED) is 0.439. The second kappa shape index (κ2) is 10.2. The maximum Gasteiger partial charge on any atom is 0.228 e. The van der Waals surface area contributed by atoms with Gasteiger partial charge < -0.3 is 5.32 Å². The highest BCUT2D eigenvalue weighted by atomic mass is 79.9. The van der Waals surface area contributed by atoms with Crippen LogP contribution in [-0.2, 0) is 11.3 Å². The van der Waals surface area contributed by atoms with Crippen LogP contribution in [0.25, 0.3) is 6.08 Å². The molecule has 3 aromatic carbocycles. The lowest BCUT2D eigenvalue weighted by Gasteiger charge is -2.22. The van der Waals surface area contributed by atoms with E-state index in [-0.39, 0.29) is 17.7 Å². The summed E-state index contributed by atoms with van der Waals surface area (Å²) >= 11 is 3.46. The van der Waals surface area contributed by atoms with Crippen molar-refractivity contribution in [3.05, 3.63) is 112 Å². The lowest BCUT2D eigenvalue weighted by molar-refractivity contribution is -0.123. The number of aryl methyl sites for hydroxylation is 1. The molecule has 0 fully saturated rings. The van der Waals surface area contributed by atoms with Crippen molar-refractivity contribution in [1.29, 1.82) is 0 Å². The average molecular weight is 448 g/mol. The van der Waals surface area contributed by atoms with Crippen LogP contribution < -0.4 is 5.32 Å². The maximum absolute atomic E-state index is 13.1. The lowest BCUT2D eigenvalue weighted by Crippen LogP contribution is -2.32. The predicted octanol–water partition coefficient (Wildman–Crippen LogP) is 6.51. The van der Waals surface area contributed by atoms with Gasteiger partial charge in [0.15, 0.2) is 0 Å². The Labute approximate surface area is 181 Å². The summed E-state index contributed by atoms with van der Waals surface area (Å²) in [5.74, 6) is -0.145. The first-order valence-electron chi connectivity index (χ1n) is 9.85. The smallest absolute Gasteiger partial charge is 0.228 e. The molecule has 0 heterocycles. The first kappa shape index (κ1) is 21.1. The van der Waals surface area contributed by atoms with Crippen LogP contribution in [0.5, 0.6) is 0 Å². The number of hydrogen-bond acceptors (Lipinski definition) is 1. The molecule has 2 nitrogen and oxygen atoms in total. The van der Waals surface area contributed by atoms with Crippen molar-refractivity contribution in [2.45, 2.75) is 26.3 Å². The van der Waals surface area contributed by atoms with Crippen LogP contribution in [0.2, 0.25) is 0 Å². The first-order valence-corrected chi connectivity index (χ1v) is 10.6. The van der Waals surface area contributed by atoms with Crippen molar-refractivity contribution >= 4 is 27.9 Å².